The fourth-order valence-corrected chi connectivity index (χ4v) is 1.57. The maximum atomic E-state index is 12.4. The van der Waals surface area contributed by atoms with Crippen molar-refractivity contribution in [2.24, 2.45) is 0 Å². The molecule has 0 aliphatic carbocycles. The number of allylic oxidation sites excluding steroid dienone is 1. The zero-order chi connectivity index (χ0) is 15.8. The second-order valence-corrected chi connectivity index (χ2v) is 4.96. The molecule has 116 valence electrons. The number of carboxylic acid groups (broad SMARTS) is 1. The Kier molecular flexibility index (Phi) is 12.7. The van der Waals surface area contributed by atoms with E-state index in [1.165, 1.54) is 0 Å². The van der Waals surface area contributed by atoms with Crippen molar-refractivity contribution in [3.05, 3.63) is 21.8 Å². The summed E-state index contributed by atoms with van der Waals surface area (Å²) in [7, 11) is 0. The summed E-state index contributed by atoms with van der Waals surface area (Å²) in [4.78, 5) is 21.5. The fraction of sp³-hybridized carbons (Fsp3) is 0.500. The average molecular weight is 430 g/mol. The van der Waals surface area contributed by atoms with E-state index in [4.69, 9.17) is 9.84 Å². The van der Waals surface area contributed by atoms with Crippen LogP contribution in [-0.2, 0) is 14.3 Å². The van der Waals surface area contributed by atoms with Crippen LogP contribution in [0.3, 0.4) is 0 Å². The molecule has 0 heterocycles. The van der Waals surface area contributed by atoms with Crippen molar-refractivity contribution in [2.75, 3.05) is 0 Å². The van der Waals surface area contributed by atoms with E-state index in [0.29, 0.717) is 18.6 Å². The Labute approximate surface area is 157 Å². The molecular weight excluding hydrogens is 415 g/mol. The van der Waals surface area contributed by atoms with E-state index in [1.54, 1.807) is 0 Å². The zero-order valence-electron chi connectivity index (χ0n) is 12.6. The van der Waals surface area contributed by atoms with E-state index in [1.807, 2.05) is 6.92 Å². The Morgan fingerprint density at radius 3 is 2.38 bits per heavy atom. The van der Waals surface area contributed by atoms with E-state index in [-0.39, 0.29) is 37.4 Å². The molecule has 1 atom stereocenters. The maximum Gasteiger partial charge on any atom is 1.00 e. The van der Waals surface area contributed by atoms with Gasteiger partial charge in [0.15, 0.2) is 0 Å². The minimum Gasteiger partial charge on any atom is -1.00 e. The van der Waals surface area contributed by atoms with Crippen molar-refractivity contribution in [3.63, 3.8) is 0 Å². The normalized spacial score (nSPS) is 13.7. The molecule has 0 radical (unpaired) electrons. The van der Waals surface area contributed by atoms with Crippen LogP contribution in [-0.4, -0.2) is 29.3 Å². The first-order valence-corrected chi connectivity index (χ1v) is 6.80. The summed E-state index contributed by atoms with van der Waals surface area (Å²) in [5.41, 5.74) is 0. The third-order valence-electron chi connectivity index (χ3n) is 2.07. The van der Waals surface area contributed by atoms with Gasteiger partial charge >= 0.3 is 47.7 Å². The number of alkyl halides is 3. The number of hydrogen-bond donors (Lipinski definition) is 1. The van der Waals surface area contributed by atoms with Gasteiger partial charge in [-0.05, 0) is 41.5 Å². The Morgan fingerprint density at radius 2 is 1.95 bits per heavy atom. The van der Waals surface area contributed by atoms with Gasteiger partial charge in [0.25, 0.3) is 0 Å². The predicted molar refractivity (Wildman–Crippen MR) is 75.5 cm³/mol. The number of esters is 1. The van der Waals surface area contributed by atoms with Gasteiger partial charge in [-0.2, -0.15) is 13.2 Å². The van der Waals surface area contributed by atoms with Crippen LogP contribution in [0.25, 0.3) is 0 Å². The molecule has 0 aromatic carbocycles. The predicted octanol–water partition coefficient (Wildman–Crippen LogP) is 0.727. The number of carbonyl (C=O) groups is 2. The summed E-state index contributed by atoms with van der Waals surface area (Å²) in [6.45, 7) is 1.85. The molecule has 0 aromatic heterocycles. The fourth-order valence-electron chi connectivity index (χ4n) is 1.17. The van der Waals surface area contributed by atoms with Gasteiger partial charge in [-0.15, -0.1) is 0 Å². The van der Waals surface area contributed by atoms with Gasteiger partial charge in [0.05, 0.1) is 3.58 Å². The molecule has 1 N–H and O–H groups in total. The molecule has 9 heteroatoms. The van der Waals surface area contributed by atoms with Gasteiger partial charge in [0.2, 0.25) is 0 Å². The molecule has 1 unspecified atom stereocenters. The van der Waals surface area contributed by atoms with E-state index in [2.05, 4.69) is 0 Å². The smallest absolute Gasteiger partial charge is 1.00 e. The first-order chi connectivity index (χ1) is 9.16. The minimum absolute atomic E-state index is 0. The largest absolute Gasteiger partial charge is 1.00 e. The Bertz CT molecular complexity index is 414. The number of carboxylic acids is 1. The van der Waals surface area contributed by atoms with Crippen molar-refractivity contribution < 1.29 is 63.6 Å². The van der Waals surface area contributed by atoms with E-state index in [9.17, 15) is 22.8 Å². The number of halogens is 4. The van der Waals surface area contributed by atoms with Crippen molar-refractivity contribution >= 4 is 34.5 Å². The number of unbranched alkanes of at least 4 members (excludes halogenated alkanes) is 1. The van der Waals surface area contributed by atoms with Crippen molar-refractivity contribution in [1.82, 2.24) is 0 Å². The quantitative estimate of drug-likeness (QED) is 0.280. The van der Waals surface area contributed by atoms with E-state index >= 15 is 0 Å². The van der Waals surface area contributed by atoms with Gasteiger partial charge < -0.3 is 11.3 Å². The van der Waals surface area contributed by atoms with Gasteiger partial charge in [0.1, 0.15) is 6.10 Å². The molecule has 0 aromatic rings. The topological polar surface area (TPSA) is 63.6 Å². The van der Waals surface area contributed by atoms with Crippen LogP contribution in [0, 0.1) is 0 Å². The third kappa shape index (κ3) is 12.2. The number of ether oxygens (including phenoxy) is 1. The summed E-state index contributed by atoms with van der Waals surface area (Å²) < 4.78 is 41.2. The summed E-state index contributed by atoms with van der Waals surface area (Å²) in [6, 6.07) is 0. The molecule has 0 fully saturated rings. The Balaban J connectivity index is -0.00000180. The van der Waals surface area contributed by atoms with Crippen LogP contribution in [0.15, 0.2) is 21.8 Å². The molecule has 21 heavy (non-hydrogen) atoms. The van der Waals surface area contributed by atoms with E-state index < -0.39 is 27.8 Å². The van der Waals surface area contributed by atoms with Crippen LogP contribution in [0.1, 0.15) is 27.6 Å². The Hall–Kier alpha value is -0.0600. The molecule has 4 nitrogen and oxygen atoms in total. The molecule has 0 rings (SSSR count). The zero-order valence-corrected chi connectivity index (χ0v) is 15.8. The summed E-state index contributed by atoms with van der Waals surface area (Å²) in [5, 5.41) is 8.33. The molecule has 0 saturated carbocycles. The first-order valence-electron chi connectivity index (χ1n) is 5.73. The van der Waals surface area contributed by atoms with Crippen LogP contribution < -0.4 is 29.6 Å². The number of hydrogen-bond acceptors (Lipinski definition) is 3. The van der Waals surface area contributed by atoms with Gasteiger partial charge in [0, 0.05) is 12.2 Å². The maximum absolute atomic E-state index is 12.4. The van der Waals surface area contributed by atoms with E-state index in [0.717, 1.165) is 35.1 Å². The Morgan fingerprint density at radius 1 is 1.38 bits per heavy atom. The molecular formula is C12H15F3INaO4. The minimum atomic E-state index is -4.49. The van der Waals surface area contributed by atoms with Crippen molar-refractivity contribution in [3.8, 4) is 0 Å². The molecule has 0 bridgehead atoms. The van der Waals surface area contributed by atoms with Gasteiger partial charge in [-0.3, -0.25) is 0 Å². The van der Waals surface area contributed by atoms with Crippen LogP contribution >= 0.6 is 22.6 Å². The summed E-state index contributed by atoms with van der Waals surface area (Å²) in [6.07, 6.45) is -1.92. The number of aliphatic carboxylic acids is 1. The SMILES string of the molecule is CCCCC(/C=C(\I)C(F)(F)F)OC(=O)/C=C\C(=O)O.[H-].[Na+]. The van der Waals surface area contributed by atoms with Crippen molar-refractivity contribution in [2.45, 2.75) is 38.5 Å². The molecule has 0 aliphatic rings. The molecule has 0 spiro atoms. The summed E-state index contributed by atoms with van der Waals surface area (Å²) in [5.74, 6) is -2.33. The molecule has 0 aliphatic heterocycles. The van der Waals surface area contributed by atoms with Gasteiger partial charge in [-0.25, -0.2) is 9.59 Å². The third-order valence-corrected chi connectivity index (χ3v) is 3.05. The van der Waals surface area contributed by atoms with Crippen molar-refractivity contribution in [1.29, 1.82) is 0 Å². The second kappa shape index (κ2) is 11.5. The first kappa shape index (κ1) is 23.2. The molecule has 0 saturated heterocycles. The monoisotopic (exact) mass is 430 g/mol. The number of carbonyl (C=O) groups excluding carboxylic acids is 1. The molecule has 0 amide bonds. The average Bonchev–Trinajstić information content (AvgIpc) is 2.32. The number of rotatable bonds is 7. The van der Waals surface area contributed by atoms with Crippen LogP contribution in [0.2, 0.25) is 0 Å². The second-order valence-electron chi connectivity index (χ2n) is 3.80. The summed E-state index contributed by atoms with van der Waals surface area (Å²) >= 11 is 1.13. The standard InChI is InChI=1S/C12H14F3IO4.Na.H/c1-2-3-4-8(7-9(16)12(13,14)15)20-11(19)6-5-10(17)18;;/h5-8H,2-4H2,1H3,(H,17,18);;/q;+1;-1/b6-5-,9-7-;;. The van der Waals surface area contributed by atoms with Crippen LogP contribution in [0.5, 0.6) is 0 Å². The van der Waals surface area contributed by atoms with Gasteiger partial charge in [-0.1, -0.05) is 13.3 Å². The van der Waals surface area contributed by atoms with Crippen LogP contribution in [0.4, 0.5) is 13.2 Å².